The lowest BCUT2D eigenvalue weighted by molar-refractivity contribution is -0.137. The molecule has 1 aliphatic rings. The average Bonchev–Trinajstić information content (AvgIpc) is 3.22. The third-order valence-corrected chi connectivity index (χ3v) is 6.25. The number of fused-ring (bicyclic) bond motifs is 1. The molecule has 4 nitrogen and oxygen atoms in total. The maximum Gasteiger partial charge on any atom is 0.338 e. The number of unbranched alkanes of at least 4 members (excludes halogenated alkanes) is 15. The van der Waals surface area contributed by atoms with E-state index in [0.717, 1.165) is 18.4 Å². The van der Waals surface area contributed by atoms with Gasteiger partial charge in [-0.3, -0.25) is 4.79 Å². The lowest BCUT2D eigenvalue weighted by Gasteiger charge is -2.01. The minimum Gasteiger partial charge on any atom is -0.481 e. The van der Waals surface area contributed by atoms with Gasteiger partial charge in [0.15, 0.2) is 0 Å². The zero-order valence-electron chi connectivity index (χ0n) is 21.6. The number of benzene rings is 1. The SMILES string of the molecule is CCCCCCCC/C=C\CCCCCCCCCCCC(=O)O.O=C1OCc2ccccc21. The van der Waals surface area contributed by atoms with Crippen LogP contribution in [0.5, 0.6) is 0 Å². The summed E-state index contributed by atoms with van der Waals surface area (Å²) in [6, 6.07) is 7.43. The Morgan fingerprint density at radius 1 is 0.794 bits per heavy atom. The summed E-state index contributed by atoms with van der Waals surface area (Å²) in [5.41, 5.74) is 1.70. The molecule has 1 N–H and O–H groups in total. The molecule has 1 aliphatic heterocycles. The highest BCUT2D eigenvalue weighted by atomic mass is 16.5. The summed E-state index contributed by atoms with van der Waals surface area (Å²) in [6.07, 6.45) is 27.1. The molecule has 192 valence electrons. The minimum atomic E-state index is -0.656. The molecule has 0 atom stereocenters. The predicted molar refractivity (Wildman–Crippen MR) is 141 cm³/mol. The van der Waals surface area contributed by atoms with Crippen LogP contribution < -0.4 is 0 Å². The van der Waals surface area contributed by atoms with Gasteiger partial charge >= 0.3 is 11.9 Å². The van der Waals surface area contributed by atoms with Gasteiger partial charge in [-0.25, -0.2) is 4.79 Å². The third-order valence-electron chi connectivity index (χ3n) is 6.25. The summed E-state index contributed by atoms with van der Waals surface area (Å²) in [5.74, 6) is -0.855. The molecule has 0 bridgehead atoms. The number of carbonyl (C=O) groups excluding carboxylic acids is 1. The number of aliphatic carboxylic acids is 1. The molecule has 2 rings (SSSR count). The van der Waals surface area contributed by atoms with E-state index in [1.165, 1.54) is 96.3 Å². The van der Waals surface area contributed by atoms with Crippen LogP contribution in [-0.4, -0.2) is 17.0 Å². The number of carbonyl (C=O) groups is 2. The van der Waals surface area contributed by atoms with Crippen molar-refractivity contribution in [2.24, 2.45) is 0 Å². The highest BCUT2D eigenvalue weighted by Crippen LogP contribution is 2.18. The molecule has 1 aromatic carbocycles. The summed E-state index contributed by atoms with van der Waals surface area (Å²) in [6.45, 7) is 2.71. The summed E-state index contributed by atoms with van der Waals surface area (Å²) in [7, 11) is 0. The summed E-state index contributed by atoms with van der Waals surface area (Å²) in [5, 5.41) is 8.55. The van der Waals surface area contributed by atoms with Crippen molar-refractivity contribution in [2.45, 2.75) is 129 Å². The second-order valence-corrected chi connectivity index (χ2v) is 9.38. The molecular weight excluding hydrogens is 424 g/mol. The molecule has 0 radical (unpaired) electrons. The zero-order chi connectivity index (χ0) is 24.7. The molecule has 4 heteroatoms. The van der Waals surface area contributed by atoms with Crippen LogP contribution in [0.25, 0.3) is 0 Å². The molecule has 0 aromatic heterocycles. The van der Waals surface area contributed by atoms with Gasteiger partial charge in [-0.15, -0.1) is 0 Å². The molecule has 1 heterocycles. The Balaban J connectivity index is 0.000000469. The van der Waals surface area contributed by atoms with Gasteiger partial charge < -0.3 is 9.84 Å². The van der Waals surface area contributed by atoms with Crippen molar-refractivity contribution in [2.75, 3.05) is 0 Å². The smallest absolute Gasteiger partial charge is 0.338 e. The molecule has 0 unspecified atom stereocenters. The van der Waals surface area contributed by atoms with Crippen LogP contribution in [0.2, 0.25) is 0 Å². The topological polar surface area (TPSA) is 63.6 Å². The summed E-state index contributed by atoms with van der Waals surface area (Å²) < 4.78 is 4.78. The van der Waals surface area contributed by atoms with E-state index in [-0.39, 0.29) is 5.97 Å². The van der Waals surface area contributed by atoms with Crippen LogP contribution in [0.4, 0.5) is 0 Å². The van der Waals surface area contributed by atoms with Crippen LogP contribution >= 0.6 is 0 Å². The number of hydrogen-bond donors (Lipinski definition) is 1. The second-order valence-electron chi connectivity index (χ2n) is 9.38. The van der Waals surface area contributed by atoms with E-state index in [1.807, 2.05) is 18.2 Å². The van der Waals surface area contributed by atoms with Crippen LogP contribution in [0.3, 0.4) is 0 Å². The molecule has 0 aliphatic carbocycles. The van der Waals surface area contributed by atoms with Crippen molar-refractivity contribution in [1.82, 2.24) is 0 Å². The number of hydrogen-bond acceptors (Lipinski definition) is 3. The molecule has 0 saturated carbocycles. The van der Waals surface area contributed by atoms with Crippen LogP contribution in [0.15, 0.2) is 36.4 Å². The maximum atomic E-state index is 10.8. The van der Waals surface area contributed by atoms with Gasteiger partial charge in [-0.1, -0.05) is 114 Å². The predicted octanol–water partition coefficient (Wildman–Crippen LogP) is 9.03. The summed E-state index contributed by atoms with van der Waals surface area (Å²) in [4.78, 5) is 21.2. The molecular formula is C30H48O4. The van der Waals surface area contributed by atoms with Crippen molar-refractivity contribution in [3.8, 4) is 0 Å². The van der Waals surface area contributed by atoms with E-state index in [2.05, 4.69) is 19.1 Å². The molecule has 1 aromatic rings. The van der Waals surface area contributed by atoms with E-state index < -0.39 is 5.97 Å². The van der Waals surface area contributed by atoms with E-state index >= 15 is 0 Å². The largest absolute Gasteiger partial charge is 0.481 e. The van der Waals surface area contributed by atoms with Gasteiger partial charge in [0, 0.05) is 12.0 Å². The number of rotatable bonds is 19. The van der Waals surface area contributed by atoms with E-state index in [1.54, 1.807) is 6.07 Å². The van der Waals surface area contributed by atoms with Gasteiger partial charge in [0.2, 0.25) is 0 Å². The fourth-order valence-electron chi connectivity index (χ4n) is 4.12. The number of ether oxygens (including phenoxy) is 1. The van der Waals surface area contributed by atoms with Gasteiger partial charge in [-0.05, 0) is 38.2 Å². The first kappa shape index (κ1) is 29.9. The average molecular weight is 473 g/mol. The standard InChI is InChI=1S/C22H42O2.C8H6O2/c1-2-3-4-5-6-7-8-9-10-11-12-13-14-15-16-17-18-19-20-21-22(23)24;9-8-7-4-2-1-3-6(7)5-10-8/h9-10H,2-8,11-21H2,1H3,(H,23,24);1-4H,5H2/b10-9-;. The van der Waals surface area contributed by atoms with Gasteiger partial charge in [0.25, 0.3) is 0 Å². The van der Waals surface area contributed by atoms with E-state index in [0.29, 0.717) is 18.6 Å². The first-order chi connectivity index (χ1) is 16.6. The monoisotopic (exact) mass is 472 g/mol. The number of cyclic esters (lactones) is 1. The van der Waals surface area contributed by atoms with Crippen LogP contribution in [-0.2, 0) is 16.1 Å². The third kappa shape index (κ3) is 16.5. The molecule has 0 saturated heterocycles. The van der Waals surface area contributed by atoms with Crippen LogP contribution in [0.1, 0.15) is 138 Å². The number of carboxylic acids is 1. The second kappa shape index (κ2) is 21.4. The van der Waals surface area contributed by atoms with E-state index in [9.17, 15) is 9.59 Å². The fraction of sp³-hybridized carbons (Fsp3) is 0.667. The number of allylic oxidation sites excluding steroid dienone is 2. The number of esters is 1. The van der Waals surface area contributed by atoms with Crippen LogP contribution in [0, 0.1) is 0 Å². The lowest BCUT2D eigenvalue weighted by atomic mass is 10.1. The normalized spacial score (nSPS) is 12.3. The quantitative estimate of drug-likeness (QED) is 0.124. The first-order valence-electron chi connectivity index (χ1n) is 13.8. The Kier molecular flexibility index (Phi) is 18.9. The van der Waals surface area contributed by atoms with E-state index in [4.69, 9.17) is 9.84 Å². The molecule has 0 fully saturated rings. The lowest BCUT2D eigenvalue weighted by Crippen LogP contribution is -1.93. The molecule has 0 amide bonds. The highest BCUT2D eigenvalue weighted by Gasteiger charge is 2.18. The van der Waals surface area contributed by atoms with Crippen molar-refractivity contribution in [3.05, 3.63) is 47.5 Å². The van der Waals surface area contributed by atoms with Crippen molar-refractivity contribution in [3.63, 3.8) is 0 Å². The van der Waals surface area contributed by atoms with Gasteiger partial charge in [-0.2, -0.15) is 0 Å². The maximum absolute atomic E-state index is 10.8. The Labute approximate surface area is 208 Å². The van der Waals surface area contributed by atoms with Crippen molar-refractivity contribution in [1.29, 1.82) is 0 Å². The number of carboxylic acid groups (broad SMARTS) is 1. The Bertz CT molecular complexity index is 680. The minimum absolute atomic E-state index is 0.199. The Morgan fingerprint density at radius 2 is 1.29 bits per heavy atom. The molecule has 0 spiro atoms. The van der Waals surface area contributed by atoms with Gasteiger partial charge in [0.05, 0.1) is 5.56 Å². The highest BCUT2D eigenvalue weighted by molar-refractivity contribution is 5.93. The molecule has 34 heavy (non-hydrogen) atoms. The van der Waals surface area contributed by atoms with Crippen molar-refractivity contribution >= 4 is 11.9 Å². The zero-order valence-corrected chi connectivity index (χ0v) is 21.6. The fourth-order valence-corrected chi connectivity index (χ4v) is 4.12. The first-order valence-corrected chi connectivity index (χ1v) is 13.8. The Morgan fingerprint density at radius 3 is 1.82 bits per heavy atom. The Hall–Kier alpha value is -2.10. The summed E-state index contributed by atoms with van der Waals surface area (Å²) >= 11 is 0. The van der Waals surface area contributed by atoms with Crippen molar-refractivity contribution < 1.29 is 19.4 Å². The van der Waals surface area contributed by atoms with Gasteiger partial charge in [0.1, 0.15) is 6.61 Å².